The lowest BCUT2D eigenvalue weighted by Gasteiger charge is -2.00. The quantitative estimate of drug-likeness (QED) is 0.599. The van der Waals surface area contributed by atoms with Crippen LogP contribution in [0.15, 0.2) is 60.7 Å². The van der Waals surface area contributed by atoms with Crippen LogP contribution in [0.1, 0.15) is 16.0 Å². The minimum absolute atomic E-state index is 0.190. The number of rotatable bonds is 3. The molecular weight excluding hydrogens is 267 g/mol. The maximum absolute atomic E-state index is 12.9. The molecule has 100 valence electrons. The van der Waals surface area contributed by atoms with Gasteiger partial charge in [0.2, 0.25) is 0 Å². The molecule has 3 aromatic rings. The molecule has 0 spiro atoms. The molecule has 0 atom stereocenters. The first kappa shape index (κ1) is 13.1. The molecule has 0 unspecified atom stereocenters. The second-order valence-corrected chi connectivity index (χ2v) is 6.10. The predicted molar refractivity (Wildman–Crippen MR) is 83.7 cm³/mol. The molecule has 0 amide bonds. The summed E-state index contributed by atoms with van der Waals surface area (Å²) in [6, 6.07) is 19.6. The molecule has 2 aromatic carbocycles. The van der Waals surface area contributed by atoms with E-state index in [1.54, 1.807) is 11.3 Å². The van der Waals surface area contributed by atoms with E-state index < -0.39 is 0 Å². The van der Waals surface area contributed by atoms with E-state index in [1.807, 2.05) is 12.1 Å². The van der Waals surface area contributed by atoms with Gasteiger partial charge in [-0.2, -0.15) is 0 Å². The Morgan fingerprint density at radius 2 is 1.55 bits per heavy atom. The van der Waals surface area contributed by atoms with Gasteiger partial charge in [-0.15, -0.1) is 11.3 Å². The molecular formula is C18H15FS. The second kappa shape index (κ2) is 5.59. The van der Waals surface area contributed by atoms with Crippen LogP contribution in [0.3, 0.4) is 0 Å². The summed E-state index contributed by atoms with van der Waals surface area (Å²) >= 11 is 1.77. The summed E-state index contributed by atoms with van der Waals surface area (Å²) < 4.78 is 12.9. The summed E-state index contributed by atoms with van der Waals surface area (Å²) in [4.78, 5) is 2.51. The molecule has 3 rings (SSSR count). The van der Waals surface area contributed by atoms with Crippen molar-refractivity contribution in [3.05, 3.63) is 82.5 Å². The van der Waals surface area contributed by atoms with E-state index in [9.17, 15) is 4.39 Å². The van der Waals surface area contributed by atoms with E-state index in [0.717, 1.165) is 12.0 Å². The number of hydrogen-bond acceptors (Lipinski definition) is 1. The molecule has 0 N–H and O–H groups in total. The minimum Gasteiger partial charge on any atom is -0.207 e. The van der Waals surface area contributed by atoms with Gasteiger partial charge in [0.15, 0.2) is 0 Å². The van der Waals surface area contributed by atoms with Crippen molar-refractivity contribution in [2.45, 2.75) is 13.3 Å². The largest absolute Gasteiger partial charge is 0.207 e. The fourth-order valence-corrected chi connectivity index (χ4v) is 3.20. The van der Waals surface area contributed by atoms with Crippen LogP contribution in [0.25, 0.3) is 10.4 Å². The molecule has 0 bridgehead atoms. The molecule has 0 nitrogen and oxygen atoms in total. The first-order valence-electron chi connectivity index (χ1n) is 6.61. The summed E-state index contributed by atoms with van der Waals surface area (Å²) in [5.74, 6) is -0.190. The third-order valence-electron chi connectivity index (χ3n) is 3.29. The van der Waals surface area contributed by atoms with Crippen LogP contribution in [0, 0.1) is 12.7 Å². The van der Waals surface area contributed by atoms with Crippen molar-refractivity contribution in [1.82, 2.24) is 0 Å². The van der Waals surface area contributed by atoms with Crippen LogP contribution in [0.5, 0.6) is 0 Å². The predicted octanol–water partition coefficient (Wildman–Crippen LogP) is 5.45. The first-order chi connectivity index (χ1) is 9.70. The van der Waals surface area contributed by atoms with Gasteiger partial charge in [-0.1, -0.05) is 42.0 Å². The highest BCUT2D eigenvalue weighted by molar-refractivity contribution is 7.15. The Hall–Kier alpha value is -1.93. The minimum atomic E-state index is -0.190. The second-order valence-electron chi connectivity index (χ2n) is 4.94. The Morgan fingerprint density at radius 1 is 0.850 bits per heavy atom. The Morgan fingerprint density at radius 3 is 2.25 bits per heavy atom. The van der Waals surface area contributed by atoms with Gasteiger partial charge in [-0.25, -0.2) is 4.39 Å². The molecule has 0 aliphatic rings. The van der Waals surface area contributed by atoms with Gasteiger partial charge in [-0.3, -0.25) is 0 Å². The molecule has 1 aromatic heterocycles. The van der Waals surface area contributed by atoms with Gasteiger partial charge >= 0.3 is 0 Å². The summed E-state index contributed by atoms with van der Waals surface area (Å²) in [5.41, 5.74) is 3.68. The van der Waals surface area contributed by atoms with E-state index in [2.05, 4.69) is 43.3 Å². The van der Waals surface area contributed by atoms with Gasteiger partial charge in [0.25, 0.3) is 0 Å². The molecule has 0 saturated heterocycles. The van der Waals surface area contributed by atoms with Crippen molar-refractivity contribution in [2.75, 3.05) is 0 Å². The van der Waals surface area contributed by atoms with E-state index in [-0.39, 0.29) is 5.82 Å². The van der Waals surface area contributed by atoms with Gasteiger partial charge < -0.3 is 0 Å². The van der Waals surface area contributed by atoms with Crippen molar-refractivity contribution < 1.29 is 4.39 Å². The topological polar surface area (TPSA) is 0 Å². The van der Waals surface area contributed by atoms with Gasteiger partial charge in [0.05, 0.1) is 0 Å². The van der Waals surface area contributed by atoms with Gasteiger partial charge in [0.1, 0.15) is 5.82 Å². The summed E-state index contributed by atoms with van der Waals surface area (Å²) in [6.45, 7) is 2.10. The number of halogens is 1. The third kappa shape index (κ3) is 2.97. The van der Waals surface area contributed by atoms with Crippen LogP contribution in [0.4, 0.5) is 4.39 Å². The summed E-state index contributed by atoms with van der Waals surface area (Å²) in [7, 11) is 0. The number of thiophene rings is 1. The van der Waals surface area contributed by atoms with Crippen molar-refractivity contribution in [3.8, 4) is 10.4 Å². The zero-order valence-electron chi connectivity index (χ0n) is 11.3. The zero-order valence-corrected chi connectivity index (χ0v) is 12.1. The Balaban J connectivity index is 1.80. The molecule has 0 radical (unpaired) electrons. The van der Waals surface area contributed by atoms with Gasteiger partial charge in [-0.05, 0) is 42.3 Å². The van der Waals surface area contributed by atoms with Crippen LogP contribution in [-0.2, 0) is 6.42 Å². The Kier molecular flexibility index (Phi) is 3.66. The fraction of sp³-hybridized carbons (Fsp3) is 0.111. The lowest BCUT2D eigenvalue weighted by molar-refractivity contribution is 0.628. The summed E-state index contributed by atoms with van der Waals surface area (Å²) in [6.07, 6.45) is 0.951. The molecule has 2 heteroatoms. The molecule has 20 heavy (non-hydrogen) atoms. The molecule has 0 aliphatic carbocycles. The van der Waals surface area contributed by atoms with Crippen LogP contribution >= 0.6 is 11.3 Å². The highest BCUT2D eigenvalue weighted by Gasteiger charge is 2.04. The fourth-order valence-electron chi connectivity index (χ4n) is 2.15. The van der Waals surface area contributed by atoms with Crippen LogP contribution < -0.4 is 0 Å². The maximum atomic E-state index is 12.9. The van der Waals surface area contributed by atoms with Crippen LogP contribution in [-0.4, -0.2) is 0 Å². The molecule has 1 heterocycles. The molecule has 0 aliphatic heterocycles. The normalized spacial score (nSPS) is 10.7. The van der Waals surface area contributed by atoms with Crippen molar-refractivity contribution in [2.24, 2.45) is 0 Å². The zero-order chi connectivity index (χ0) is 13.9. The standard InChI is InChI=1S/C18H15FS/c1-13-2-4-14(5-3-13)12-17-10-11-18(20-17)15-6-8-16(19)9-7-15/h2-11H,12H2,1H3. The smallest absolute Gasteiger partial charge is 0.123 e. The number of benzene rings is 2. The third-order valence-corrected chi connectivity index (χ3v) is 4.42. The monoisotopic (exact) mass is 282 g/mol. The Labute approximate surface area is 122 Å². The van der Waals surface area contributed by atoms with E-state index in [4.69, 9.17) is 0 Å². The SMILES string of the molecule is Cc1ccc(Cc2ccc(-c3ccc(F)cc3)s2)cc1. The lowest BCUT2D eigenvalue weighted by Crippen LogP contribution is -1.83. The number of aryl methyl sites for hydroxylation is 1. The average molecular weight is 282 g/mol. The average Bonchev–Trinajstić information content (AvgIpc) is 2.91. The lowest BCUT2D eigenvalue weighted by atomic mass is 10.1. The van der Waals surface area contributed by atoms with Crippen LogP contribution in [0.2, 0.25) is 0 Å². The van der Waals surface area contributed by atoms with Crippen molar-refractivity contribution >= 4 is 11.3 Å². The number of hydrogen-bond donors (Lipinski definition) is 0. The van der Waals surface area contributed by atoms with Crippen molar-refractivity contribution in [1.29, 1.82) is 0 Å². The van der Waals surface area contributed by atoms with Crippen molar-refractivity contribution in [3.63, 3.8) is 0 Å². The Bertz CT molecular complexity index is 693. The van der Waals surface area contributed by atoms with Gasteiger partial charge in [0, 0.05) is 16.2 Å². The van der Waals surface area contributed by atoms with E-state index in [0.29, 0.717) is 0 Å². The van der Waals surface area contributed by atoms with E-state index in [1.165, 1.54) is 33.0 Å². The first-order valence-corrected chi connectivity index (χ1v) is 7.42. The highest BCUT2D eigenvalue weighted by Crippen LogP contribution is 2.29. The summed E-state index contributed by atoms with van der Waals surface area (Å²) in [5, 5.41) is 0. The maximum Gasteiger partial charge on any atom is 0.123 e. The highest BCUT2D eigenvalue weighted by atomic mass is 32.1. The van der Waals surface area contributed by atoms with E-state index >= 15 is 0 Å². The molecule has 0 saturated carbocycles. The molecule has 0 fully saturated rings.